The highest BCUT2D eigenvalue weighted by molar-refractivity contribution is 7.08. The molecule has 1 saturated heterocycles. The number of fused-ring (bicyclic) bond motifs is 1. The number of hydrogen-bond acceptors (Lipinski definition) is 11. The summed E-state index contributed by atoms with van der Waals surface area (Å²) in [6, 6.07) is 1.91. The summed E-state index contributed by atoms with van der Waals surface area (Å²) in [6.07, 6.45) is -1.38. The van der Waals surface area contributed by atoms with E-state index in [2.05, 4.69) is 25.5 Å². The summed E-state index contributed by atoms with van der Waals surface area (Å²) >= 11 is 1.55. The number of nitrogens with zero attached hydrogens (tertiary/aromatic N) is 5. The van der Waals surface area contributed by atoms with Crippen LogP contribution in [0.1, 0.15) is 11.8 Å². The van der Waals surface area contributed by atoms with Crippen LogP contribution in [0, 0.1) is 0 Å². The number of nitrogen functional groups attached to an aromatic ring is 1. The van der Waals surface area contributed by atoms with Crippen molar-refractivity contribution >= 4 is 40.5 Å². The number of ether oxygens (including phenoxy) is 1. The molecular formula is C15H17N7O4S. The molecule has 4 heterocycles. The second-order valence-corrected chi connectivity index (χ2v) is 6.69. The first-order valence-corrected chi connectivity index (χ1v) is 8.96. The predicted octanol–water partition coefficient (Wildman–Crippen LogP) is -0.473. The van der Waals surface area contributed by atoms with Gasteiger partial charge in [-0.3, -0.25) is 4.57 Å². The van der Waals surface area contributed by atoms with Crippen molar-refractivity contribution in [1.82, 2.24) is 19.5 Å². The second kappa shape index (κ2) is 7.17. The Morgan fingerprint density at radius 3 is 2.93 bits per heavy atom. The van der Waals surface area contributed by atoms with Crippen molar-refractivity contribution in [3.8, 4) is 0 Å². The number of nitrogens with two attached hydrogens (primary N) is 1. The van der Waals surface area contributed by atoms with Gasteiger partial charge < -0.3 is 25.8 Å². The number of aliphatic hydroxyl groups excluding tert-OH is 3. The number of hydrazone groups is 1. The lowest BCUT2D eigenvalue weighted by Crippen LogP contribution is -2.33. The fourth-order valence-corrected chi connectivity index (χ4v) is 3.41. The number of thiophene rings is 1. The van der Waals surface area contributed by atoms with E-state index in [-0.39, 0.29) is 11.8 Å². The van der Waals surface area contributed by atoms with E-state index in [1.165, 1.54) is 10.9 Å². The maximum Gasteiger partial charge on any atom is 0.247 e. The second-order valence-electron chi connectivity index (χ2n) is 5.91. The zero-order valence-electron chi connectivity index (χ0n) is 13.9. The molecule has 0 radical (unpaired) electrons. The van der Waals surface area contributed by atoms with Crippen molar-refractivity contribution in [2.24, 2.45) is 5.10 Å². The van der Waals surface area contributed by atoms with Crippen LogP contribution >= 0.6 is 11.3 Å². The molecule has 6 N–H and O–H groups in total. The number of rotatable bonds is 5. The number of anilines is 2. The molecule has 4 rings (SSSR count). The van der Waals surface area contributed by atoms with Crippen LogP contribution in [-0.2, 0) is 4.74 Å². The van der Waals surface area contributed by atoms with Gasteiger partial charge in [0.25, 0.3) is 0 Å². The number of aromatic nitrogens is 4. The van der Waals surface area contributed by atoms with Gasteiger partial charge in [0.1, 0.15) is 23.8 Å². The lowest BCUT2D eigenvalue weighted by atomic mass is 10.1. The molecular weight excluding hydrogens is 374 g/mol. The molecule has 12 heteroatoms. The van der Waals surface area contributed by atoms with Gasteiger partial charge in [0.2, 0.25) is 5.95 Å². The summed E-state index contributed by atoms with van der Waals surface area (Å²) in [6.45, 7) is -0.428. The molecule has 0 amide bonds. The molecule has 0 spiro atoms. The van der Waals surface area contributed by atoms with Crippen LogP contribution in [0.5, 0.6) is 0 Å². The van der Waals surface area contributed by atoms with Crippen LogP contribution in [0.25, 0.3) is 11.2 Å². The summed E-state index contributed by atoms with van der Waals surface area (Å²) in [5.74, 6) is 0.263. The summed E-state index contributed by atoms with van der Waals surface area (Å²) < 4.78 is 6.96. The third kappa shape index (κ3) is 3.24. The van der Waals surface area contributed by atoms with E-state index in [0.29, 0.717) is 11.2 Å². The maximum absolute atomic E-state index is 10.2. The van der Waals surface area contributed by atoms with Gasteiger partial charge in [0.05, 0.1) is 19.1 Å². The minimum absolute atomic E-state index is 0.124. The Balaban J connectivity index is 1.64. The summed E-state index contributed by atoms with van der Waals surface area (Å²) in [5.41, 5.74) is 10.2. The Hall–Kier alpha value is -2.64. The Morgan fingerprint density at radius 1 is 1.37 bits per heavy atom. The Morgan fingerprint density at radius 2 is 2.22 bits per heavy atom. The molecule has 3 aromatic heterocycles. The van der Waals surface area contributed by atoms with Crippen LogP contribution in [0.2, 0.25) is 0 Å². The Labute approximate surface area is 156 Å². The van der Waals surface area contributed by atoms with Gasteiger partial charge in [-0.05, 0) is 16.8 Å². The molecule has 4 unspecified atom stereocenters. The van der Waals surface area contributed by atoms with Gasteiger partial charge in [-0.1, -0.05) is 0 Å². The molecule has 142 valence electrons. The van der Waals surface area contributed by atoms with Crippen LogP contribution in [0.15, 0.2) is 28.3 Å². The van der Waals surface area contributed by atoms with Gasteiger partial charge >= 0.3 is 0 Å². The third-order valence-electron chi connectivity index (χ3n) is 4.16. The lowest BCUT2D eigenvalue weighted by molar-refractivity contribution is -0.0511. The van der Waals surface area contributed by atoms with Crippen molar-refractivity contribution in [3.63, 3.8) is 0 Å². The monoisotopic (exact) mass is 391 g/mol. The highest BCUT2D eigenvalue weighted by Crippen LogP contribution is 2.32. The molecule has 27 heavy (non-hydrogen) atoms. The average Bonchev–Trinajstić information content (AvgIpc) is 3.37. The maximum atomic E-state index is 10.2. The van der Waals surface area contributed by atoms with Crippen molar-refractivity contribution in [2.45, 2.75) is 24.5 Å². The smallest absolute Gasteiger partial charge is 0.247 e. The van der Waals surface area contributed by atoms with Crippen LogP contribution in [0.4, 0.5) is 11.8 Å². The summed E-state index contributed by atoms with van der Waals surface area (Å²) in [5, 5.41) is 37.4. The third-order valence-corrected chi connectivity index (χ3v) is 4.86. The largest absolute Gasteiger partial charge is 0.394 e. The Kier molecular flexibility index (Phi) is 4.72. The topological polar surface area (TPSA) is 164 Å². The molecule has 1 aliphatic heterocycles. The van der Waals surface area contributed by atoms with Crippen molar-refractivity contribution in [1.29, 1.82) is 0 Å². The number of hydrogen-bond donors (Lipinski definition) is 5. The SMILES string of the molecule is Nc1nc(N/N=C/c2ccsc2)nc2c1ncn2C1OC(CO)C(O)C1O. The quantitative estimate of drug-likeness (QED) is 0.285. The van der Waals surface area contributed by atoms with E-state index in [4.69, 9.17) is 10.5 Å². The fourth-order valence-electron chi connectivity index (χ4n) is 2.80. The first-order chi connectivity index (χ1) is 13.1. The van der Waals surface area contributed by atoms with Crippen molar-refractivity contribution in [3.05, 3.63) is 28.7 Å². The van der Waals surface area contributed by atoms with Crippen LogP contribution in [0.3, 0.4) is 0 Å². The van der Waals surface area contributed by atoms with E-state index in [0.717, 1.165) is 5.56 Å². The standard InChI is InChI=1S/C15H17N7O4S/c16-12-9-13(20-15(19-12)21-18-3-7-1-2-27-5-7)22(6-17-9)14-11(25)10(24)8(4-23)26-14/h1-3,5-6,8,10-11,14,23-25H,4H2,(H3,16,19,20,21)/b18-3+. The molecule has 4 atom stereocenters. The minimum Gasteiger partial charge on any atom is -0.394 e. The van der Waals surface area contributed by atoms with E-state index in [1.54, 1.807) is 17.6 Å². The van der Waals surface area contributed by atoms with Gasteiger partial charge in [-0.2, -0.15) is 26.4 Å². The fraction of sp³-hybridized carbons (Fsp3) is 0.333. The highest BCUT2D eigenvalue weighted by Gasteiger charge is 2.44. The van der Waals surface area contributed by atoms with E-state index in [1.807, 2.05) is 16.8 Å². The molecule has 1 aliphatic rings. The molecule has 0 saturated carbocycles. The van der Waals surface area contributed by atoms with Gasteiger partial charge in [0.15, 0.2) is 17.7 Å². The Bertz CT molecular complexity index is 961. The molecule has 3 aromatic rings. The van der Waals surface area contributed by atoms with Crippen molar-refractivity contribution < 1.29 is 20.1 Å². The van der Waals surface area contributed by atoms with Crippen LogP contribution in [-0.4, -0.2) is 66.0 Å². The molecule has 0 aromatic carbocycles. The predicted molar refractivity (Wildman–Crippen MR) is 98.3 cm³/mol. The zero-order valence-corrected chi connectivity index (χ0v) is 14.7. The minimum atomic E-state index is -1.26. The van der Waals surface area contributed by atoms with Crippen LogP contribution < -0.4 is 11.2 Å². The lowest BCUT2D eigenvalue weighted by Gasteiger charge is -2.16. The summed E-state index contributed by atoms with van der Waals surface area (Å²) in [4.78, 5) is 12.6. The van der Waals surface area contributed by atoms with Gasteiger partial charge in [-0.15, -0.1) is 0 Å². The van der Waals surface area contributed by atoms with Crippen molar-refractivity contribution in [2.75, 3.05) is 17.8 Å². The number of aliphatic hydroxyl groups is 3. The van der Waals surface area contributed by atoms with E-state index < -0.39 is 31.1 Å². The first-order valence-electron chi connectivity index (χ1n) is 8.02. The number of nitrogens with one attached hydrogen (secondary N) is 1. The first kappa shape index (κ1) is 17.8. The molecule has 0 aliphatic carbocycles. The molecule has 1 fully saturated rings. The highest BCUT2D eigenvalue weighted by atomic mass is 32.1. The average molecular weight is 391 g/mol. The van der Waals surface area contributed by atoms with Gasteiger partial charge in [0, 0.05) is 5.56 Å². The molecule has 11 nitrogen and oxygen atoms in total. The van der Waals surface area contributed by atoms with E-state index >= 15 is 0 Å². The number of imidazole rings is 1. The molecule has 0 bridgehead atoms. The normalized spacial score (nSPS) is 25.6. The summed E-state index contributed by atoms with van der Waals surface area (Å²) in [7, 11) is 0. The zero-order chi connectivity index (χ0) is 19.0. The van der Waals surface area contributed by atoms with Gasteiger partial charge in [-0.25, -0.2) is 10.4 Å². The van der Waals surface area contributed by atoms with E-state index in [9.17, 15) is 15.3 Å².